The largest absolute Gasteiger partial charge is 0.318 e. The van der Waals surface area contributed by atoms with Crippen molar-refractivity contribution in [2.75, 3.05) is 28.8 Å². The number of carbonyl (C=O) groups excluding carboxylic acids is 1. The Morgan fingerprint density at radius 1 is 1.38 bits per heavy atom. The summed E-state index contributed by atoms with van der Waals surface area (Å²) in [6.07, 6.45) is 1.97. The van der Waals surface area contributed by atoms with E-state index in [9.17, 15) is 13.2 Å². The molecule has 2 aliphatic rings. The zero-order valence-corrected chi connectivity index (χ0v) is 17.1. The predicted molar refractivity (Wildman–Crippen MR) is 107 cm³/mol. The predicted octanol–water partition coefficient (Wildman–Crippen LogP) is 3.04. The van der Waals surface area contributed by atoms with Crippen molar-refractivity contribution in [3.63, 3.8) is 0 Å². The number of nitrogens with zero attached hydrogens (tertiary/aromatic N) is 3. The molecular weight excluding hydrogens is 412 g/mol. The molecule has 1 N–H and O–H groups in total. The van der Waals surface area contributed by atoms with Gasteiger partial charge in [-0.3, -0.25) is 10.1 Å². The number of amidine groups is 1. The van der Waals surface area contributed by atoms with Crippen LogP contribution in [0.3, 0.4) is 0 Å². The first kappa shape index (κ1) is 17.8. The van der Waals surface area contributed by atoms with E-state index in [1.54, 1.807) is 23.9 Å². The van der Waals surface area contributed by atoms with Crippen molar-refractivity contribution in [2.45, 2.75) is 16.0 Å². The Bertz CT molecular complexity index is 1050. The van der Waals surface area contributed by atoms with Crippen LogP contribution in [0.15, 0.2) is 31.7 Å². The maximum atomic E-state index is 12.5. The van der Waals surface area contributed by atoms with Crippen LogP contribution in [-0.4, -0.2) is 43.0 Å². The van der Waals surface area contributed by atoms with Crippen molar-refractivity contribution >= 4 is 66.8 Å². The van der Waals surface area contributed by atoms with Gasteiger partial charge in [-0.2, -0.15) is 0 Å². The number of aromatic nitrogens is 1. The molecule has 0 saturated heterocycles. The van der Waals surface area contributed by atoms with Crippen LogP contribution in [0.1, 0.15) is 16.1 Å². The van der Waals surface area contributed by atoms with Crippen molar-refractivity contribution in [1.82, 2.24) is 4.98 Å². The lowest BCUT2D eigenvalue weighted by molar-refractivity contribution is 0.102. The van der Waals surface area contributed by atoms with E-state index >= 15 is 0 Å². The molecule has 11 heteroatoms. The summed E-state index contributed by atoms with van der Waals surface area (Å²) in [7, 11) is -3.39. The number of fused-ring (bicyclic) bond motifs is 3. The maximum absolute atomic E-state index is 12.5. The second kappa shape index (κ2) is 6.55. The lowest BCUT2D eigenvalue weighted by atomic mass is 10.2. The molecule has 4 rings (SSSR count). The standard InChI is InChI=1S/C15H14N4O3S4/c1-8-13(23-2)25-14(16-8)17-12(20)9-3-4-10-11(7-9)24-15-18-26(21,22)6-5-19(10)15/h3-4,7H,5-6H2,1-2H3,(H,16,17,20). The van der Waals surface area contributed by atoms with Crippen molar-refractivity contribution in [3.8, 4) is 0 Å². The number of amides is 1. The van der Waals surface area contributed by atoms with E-state index < -0.39 is 10.0 Å². The number of sulfonamides is 1. The average molecular weight is 427 g/mol. The van der Waals surface area contributed by atoms with Gasteiger partial charge in [0.25, 0.3) is 15.9 Å². The van der Waals surface area contributed by atoms with Crippen molar-refractivity contribution in [3.05, 3.63) is 29.5 Å². The van der Waals surface area contributed by atoms with Gasteiger partial charge in [0.1, 0.15) is 0 Å². The van der Waals surface area contributed by atoms with Gasteiger partial charge in [-0.1, -0.05) is 11.3 Å². The molecule has 1 aromatic heterocycles. The lowest BCUT2D eigenvalue weighted by Crippen LogP contribution is -2.35. The number of benzene rings is 1. The smallest absolute Gasteiger partial charge is 0.257 e. The molecule has 1 aromatic carbocycles. The van der Waals surface area contributed by atoms with E-state index in [1.165, 1.54) is 23.1 Å². The summed E-state index contributed by atoms with van der Waals surface area (Å²) >= 11 is 4.32. The van der Waals surface area contributed by atoms with Gasteiger partial charge in [-0.25, -0.2) is 13.4 Å². The molecule has 2 aliphatic heterocycles. The molecule has 26 heavy (non-hydrogen) atoms. The van der Waals surface area contributed by atoms with E-state index in [1.807, 2.05) is 24.1 Å². The fourth-order valence-corrected chi connectivity index (χ4v) is 6.57. The number of rotatable bonds is 3. The molecule has 0 unspecified atom stereocenters. The van der Waals surface area contributed by atoms with Crippen molar-refractivity contribution < 1.29 is 13.2 Å². The van der Waals surface area contributed by atoms with Gasteiger partial charge in [0.15, 0.2) is 10.3 Å². The summed E-state index contributed by atoms with van der Waals surface area (Å²) < 4.78 is 28.2. The third-order valence-electron chi connectivity index (χ3n) is 3.89. The summed E-state index contributed by atoms with van der Waals surface area (Å²) in [4.78, 5) is 19.6. The lowest BCUT2D eigenvalue weighted by Gasteiger charge is -2.22. The second-order valence-corrected chi connectivity index (χ2v) is 10.5. The summed E-state index contributed by atoms with van der Waals surface area (Å²) in [6.45, 7) is 2.29. The number of hydrogen-bond acceptors (Lipinski definition) is 8. The van der Waals surface area contributed by atoms with Crippen LogP contribution in [0.4, 0.5) is 10.8 Å². The summed E-state index contributed by atoms with van der Waals surface area (Å²) in [5.41, 5.74) is 2.28. The number of anilines is 2. The molecule has 136 valence electrons. The molecule has 0 saturated carbocycles. The number of carbonyl (C=O) groups is 1. The van der Waals surface area contributed by atoms with E-state index in [-0.39, 0.29) is 11.7 Å². The Balaban J connectivity index is 1.58. The first-order chi connectivity index (χ1) is 12.4. The number of thiazole rings is 1. The van der Waals surface area contributed by atoms with Gasteiger partial charge in [0.2, 0.25) is 0 Å². The topological polar surface area (TPSA) is 91.7 Å². The molecule has 1 amide bonds. The molecule has 0 atom stereocenters. The highest BCUT2D eigenvalue weighted by Crippen LogP contribution is 2.42. The van der Waals surface area contributed by atoms with Crippen LogP contribution in [-0.2, 0) is 10.0 Å². The van der Waals surface area contributed by atoms with Crippen LogP contribution in [0.5, 0.6) is 0 Å². The minimum Gasteiger partial charge on any atom is -0.318 e. The van der Waals surface area contributed by atoms with E-state index in [4.69, 9.17) is 0 Å². The number of hydrogen-bond donors (Lipinski definition) is 1. The molecule has 0 spiro atoms. The third kappa shape index (κ3) is 3.24. The Hall–Kier alpha value is -1.56. The zero-order valence-electron chi connectivity index (χ0n) is 13.8. The van der Waals surface area contributed by atoms with E-state index in [2.05, 4.69) is 14.7 Å². The van der Waals surface area contributed by atoms with Crippen LogP contribution in [0.25, 0.3) is 0 Å². The van der Waals surface area contributed by atoms with Gasteiger partial charge in [-0.15, -0.1) is 16.2 Å². The van der Waals surface area contributed by atoms with Gasteiger partial charge in [-0.05, 0) is 43.1 Å². The van der Waals surface area contributed by atoms with E-state index in [0.29, 0.717) is 22.4 Å². The van der Waals surface area contributed by atoms with Crippen molar-refractivity contribution in [2.24, 2.45) is 4.40 Å². The Kier molecular flexibility index (Phi) is 4.49. The van der Waals surface area contributed by atoms with Gasteiger partial charge in [0.05, 0.1) is 21.3 Å². The first-order valence-corrected chi connectivity index (χ1v) is 12.1. The van der Waals surface area contributed by atoms with E-state index in [0.717, 1.165) is 20.5 Å². The van der Waals surface area contributed by atoms with Crippen LogP contribution in [0.2, 0.25) is 0 Å². The highest BCUT2D eigenvalue weighted by molar-refractivity contribution is 8.15. The Labute approximate surface area is 163 Å². The Morgan fingerprint density at radius 2 is 2.19 bits per heavy atom. The quantitative estimate of drug-likeness (QED) is 0.754. The molecule has 0 aliphatic carbocycles. The zero-order chi connectivity index (χ0) is 18.5. The molecule has 3 heterocycles. The minimum atomic E-state index is -3.39. The maximum Gasteiger partial charge on any atom is 0.257 e. The number of aryl methyl sites for hydroxylation is 1. The van der Waals surface area contributed by atoms with Crippen LogP contribution in [0, 0.1) is 6.92 Å². The molecule has 7 nitrogen and oxygen atoms in total. The van der Waals surface area contributed by atoms with Gasteiger partial charge in [0, 0.05) is 17.0 Å². The van der Waals surface area contributed by atoms with Gasteiger partial charge >= 0.3 is 0 Å². The fourth-order valence-electron chi connectivity index (χ4n) is 2.67. The molecule has 0 radical (unpaired) electrons. The third-order valence-corrected chi connectivity index (χ3v) is 8.48. The number of nitrogens with one attached hydrogen (secondary N) is 1. The Morgan fingerprint density at radius 3 is 2.92 bits per heavy atom. The molecule has 0 fully saturated rings. The van der Waals surface area contributed by atoms with Crippen LogP contribution < -0.4 is 10.2 Å². The normalized spacial score (nSPS) is 17.5. The summed E-state index contributed by atoms with van der Waals surface area (Å²) in [6, 6.07) is 5.33. The summed E-state index contributed by atoms with van der Waals surface area (Å²) in [5.74, 6) is -0.242. The van der Waals surface area contributed by atoms with Gasteiger partial charge < -0.3 is 4.90 Å². The highest BCUT2D eigenvalue weighted by atomic mass is 32.2. The molecule has 0 bridgehead atoms. The molecular formula is C15H14N4O3S4. The first-order valence-electron chi connectivity index (χ1n) is 7.61. The van der Waals surface area contributed by atoms with Crippen LogP contribution >= 0.6 is 34.9 Å². The minimum absolute atomic E-state index is 0.0000896. The number of thioether (sulfide) groups is 2. The second-order valence-electron chi connectivity index (χ2n) is 5.65. The molecule has 2 aromatic rings. The van der Waals surface area contributed by atoms with Crippen molar-refractivity contribution in [1.29, 1.82) is 0 Å². The highest BCUT2D eigenvalue weighted by Gasteiger charge is 2.33. The average Bonchev–Trinajstić information content (AvgIpc) is 3.11. The monoisotopic (exact) mass is 426 g/mol. The SMILES string of the molecule is CSc1sc(NC(=O)c2ccc3c(c2)SC2=NS(=O)(=O)CCN23)nc1C. The fraction of sp³-hybridized carbons (Fsp3) is 0.267. The summed E-state index contributed by atoms with van der Waals surface area (Å²) in [5, 5.41) is 3.84.